The van der Waals surface area contributed by atoms with Crippen LogP contribution in [0.25, 0.3) is 0 Å². The van der Waals surface area contributed by atoms with Crippen molar-refractivity contribution in [2.75, 3.05) is 13.2 Å². The largest absolute Gasteiger partial charge is 0.462 e. The van der Waals surface area contributed by atoms with Gasteiger partial charge in [0.15, 0.2) is 6.10 Å². The predicted octanol–water partition coefficient (Wildman–Crippen LogP) is 21.0. The minimum absolute atomic E-state index is 0.0781. The van der Waals surface area contributed by atoms with Crippen molar-refractivity contribution in [1.82, 2.24) is 0 Å². The summed E-state index contributed by atoms with van der Waals surface area (Å²) in [6.07, 6.45) is 73.9. The Morgan fingerprint density at radius 1 is 0.282 bits per heavy atom. The normalized spacial score (nSPS) is 12.3. The third-order valence-electron chi connectivity index (χ3n) is 13.8. The molecule has 0 unspecified atom stereocenters. The first kappa shape index (κ1) is 68.4. The van der Waals surface area contributed by atoms with Gasteiger partial charge in [0, 0.05) is 19.3 Å². The Labute approximate surface area is 441 Å². The first-order valence-corrected chi connectivity index (χ1v) is 31.1. The van der Waals surface area contributed by atoms with E-state index < -0.39 is 6.10 Å². The SMILES string of the molecule is CCCCC/C=C\C/C=C\CCCCCCCCCC(=O)O[C@H](COC(=O)CCCCCCCCC/C=C\CCCCCCCC)COC(=O)CCCCCCCCC/C=C\CCCCCCCCCC. The average Bonchev–Trinajstić information content (AvgIpc) is 3.37. The molecule has 0 bridgehead atoms. The van der Waals surface area contributed by atoms with Gasteiger partial charge in [0.1, 0.15) is 13.2 Å². The lowest BCUT2D eigenvalue weighted by Gasteiger charge is -2.18. The van der Waals surface area contributed by atoms with E-state index in [2.05, 4.69) is 69.4 Å². The van der Waals surface area contributed by atoms with Crippen LogP contribution in [-0.2, 0) is 28.6 Å². The van der Waals surface area contributed by atoms with E-state index in [1.165, 1.54) is 218 Å². The molecule has 0 N–H and O–H groups in total. The van der Waals surface area contributed by atoms with Crippen molar-refractivity contribution in [3.63, 3.8) is 0 Å². The maximum absolute atomic E-state index is 12.9. The van der Waals surface area contributed by atoms with Gasteiger partial charge in [0.05, 0.1) is 0 Å². The van der Waals surface area contributed by atoms with Gasteiger partial charge in [-0.25, -0.2) is 0 Å². The molecule has 0 amide bonds. The van der Waals surface area contributed by atoms with Gasteiger partial charge in [-0.1, -0.05) is 256 Å². The van der Waals surface area contributed by atoms with Crippen LogP contribution in [-0.4, -0.2) is 37.2 Å². The topological polar surface area (TPSA) is 78.9 Å². The van der Waals surface area contributed by atoms with Gasteiger partial charge in [-0.15, -0.1) is 0 Å². The molecule has 0 aliphatic heterocycles. The summed E-state index contributed by atoms with van der Waals surface area (Å²) in [5.74, 6) is -0.877. The van der Waals surface area contributed by atoms with Crippen LogP contribution in [0.5, 0.6) is 0 Å². The van der Waals surface area contributed by atoms with Crippen molar-refractivity contribution in [2.24, 2.45) is 0 Å². The van der Waals surface area contributed by atoms with Crippen LogP contribution in [0, 0.1) is 0 Å². The summed E-state index contributed by atoms with van der Waals surface area (Å²) in [5.41, 5.74) is 0. The molecule has 0 aromatic heterocycles. The number of carbonyl (C=O) groups excluding carboxylic acids is 3. The second-order valence-corrected chi connectivity index (χ2v) is 21.0. The van der Waals surface area contributed by atoms with Crippen LogP contribution in [0.4, 0.5) is 0 Å². The number of ether oxygens (including phenoxy) is 3. The zero-order valence-electron chi connectivity index (χ0n) is 47.5. The highest BCUT2D eigenvalue weighted by Crippen LogP contribution is 2.16. The van der Waals surface area contributed by atoms with E-state index in [1.54, 1.807) is 0 Å². The highest BCUT2D eigenvalue weighted by Gasteiger charge is 2.19. The quantitative estimate of drug-likeness (QED) is 0.0261. The van der Waals surface area contributed by atoms with E-state index in [4.69, 9.17) is 14.2 Å². The van der Waals surface area contributed by atoms with Crippen molar-refractivity contribution in [3.05, 3.63) is 48.6 Å². The van der Waals surface area contributed by atoms with Crippen molar-refractivity contribution >= 4 is 17.9 Å². The Bertz CT molecular complexity index is 1230. The molecule has 0 radical (unpaired) electrons. The molecule has 1 atom stereocenters. The van der Waals surface area contributed by atoms with Crippen LogP contribution in [0.2, 0.25) is 0 Å². The minimum Gasteiger partial charge on any atom is -0.462 e. The first-order chi connectivity index (χ1) is 35.0. The van der Waals surface area contributed by atoms with Gasteiger partial charge in [-0.2, -0.15) is 0 Å². The Morgan fingerprint density at radius 2 is 0.507 bits per heavy atom. The van der Waals surface area contributed by atoms with Crippen LogP contribution < -0.4 is 0 Å². The second kappa shape index (κ2) is 59.9. The fraction of sp³-hybridized carbons (Fsp3) is 0.831. The van der Waals surface area contributed by atoms with E-state index in [0.717, 1.165) is 70.6 Å². The molecular weight excluding hydrogens is 877 g/mol. The third kappa shape index (κ3) is 58.1. The molecule has 0 aromatic rings. The van der Waals surface area contributed by atoms with Crippen LogP contribution in [0.1, 0.15) is 329 Å². The zero-order chi connectivity index (χ0) is 51.4. The van der Waals surface area contributed by atoms with Crippen molar-refractivity contribution in [1.29, 1.82) is 0 Å². The third-order valence-corrected chi connectivity index (χ3v) is 13.8. The van der Waals surface area contributed by atoms with E-state index in [9.17, 15) is 14.4 Å². The molecule has 0 aliphatic carbocycles. The molecular formula is C65H118O6. The smallest absolute Gasteiger partial charge is 0.306 e. The first-order valence-electron chi connectivity index (χ1n) is 31.1. The molecule has 0 aromatic carbocycles. The summed E-state index contributed by atoms with van der Waals surface area (Å²) in [4.78, 5) is 38.3. The molecule has 0 aliphatic rings. The maximum Gasteiger partial charge on any atom is 0.306 e. The summed E-state index contributed by atoms with van der Waals surface area (Å²) >= 11 is 0. The number of allylic oxidation sites excluding steroid dienone is 8. The van der Waals surface area contributed by atoms with E-state index >= 15 is 0 Å². The van der Waals surface area contributed by atoms with E-state index in [-0.39, 0.29) is 31.1 Å². The van der Waals surface area contributed by atoms with E-state index in [0.29, 0.717) is 19.3 Å². The molecule has 0 rings (SSSR count). The number of esters is 3. The van der Waals surface area contributed by atoms with Crippen molar-refractivity contribution in [2.45, 2.75) is 335 Å². The number of rotatable bonds is 57. The Morgan fingerprint density at radius 3 is 0.817 bits per heavy atom. The van der Waals surface area contributed by atoms with Gasteiger partial charge < -0.3 is 14.2 Å². The standard InChI is InChI=1S/C65H118O6/c1-4-7-10-13-16-19-22-25-28-31-32-35-37-40-43-46-49-52-55-58-64(67)70-61-62(71-65(68)59-56-53-50-47-44-41-38-34-30-27-24-21-18-15-12-9-6-3)60-69-63(66)57-54-51-48-45-42-39-36-33-29-26-23-20-17-14-11-8-5-2/h18,21,26-27,29-32,62H,4-17,19-20,22-25,28,33-61H2,1-3H3/b21-18-,29-26-,30-27-,32-31-/t62-/m1/s1. The number of hydrogen-bond acceptors (Lipinski definition) is 6. The molecule has 6 heteroatoms. The Kier molecular flexibility index (Phi) is 57.7. The molecule has 0 heterocycles. The van der Waals surface area contributed by atoms with Gasteiger partial charge in [-0.05, 0) is 103 Å². The lowest BCUT2D eigenvalue weighted by molar-refractivity contribution is -0.167. The lowest BCUT2D eigenvalue weighted by atomic mass is 10.1. The van der Waals surface area contributed by atoms with Gasteiger partial charge in [0.25, 0.3) is 0 Å². The van der Waals surface area contributed by atoms with Gasteiger partial charge in [0.2, 0.25) is 0 Å². The molecule has 0 spiro atoms. The van der Waals surface area contributed by atoms with E-state index in [1.807, 2.05) is 0 Å². The highest BCUT2D eigenvalue weighted by atomic mass is 16.6. The van der Waals surface area contributed by atoms with Gasteiger partial charge >= 0.3 is 17.9 Å². The van der Waals surface area contributed by atoms with Crippen LogP contribution in [0.3, 0.4) is 0 Å². The fourth-order valence-corrected chi connectivity index (χ4v) is 9.05. The lowest BCUT2D eigenvalue weighted by Crippen LogP contribution is -2.30. The monoisotopic (exact) mass is 995 g/mol. The summed E-state index contributed by atoms with van der Waals surface area (Å²) in [5, 5.41) is 0. The Balaban J connectivity index is 4.37. The average molecular weight is 996 g/mol. The van der Waals surface area contributed by atoms with Crippen molar-refractivity contribution < 1.29 is 28.6 Å². The fourth-order valence-electron chi connectivity index (χ4n) is 9.05. The van der Waals surface area contributed by atoms with Crippen molar-refractivity contribution in [3.8, 4) is 0 Å². The minimum atomic E-state index is -0.781. The summed E-state index contributed by atoms with van der Waals surface area (Å²) in [6, 6.07) is 0. The second-order valence-electron chi connectivity index (χ2n) is 21.0. The summed E-state index contributed by atoms with van der Waals surface area (Å²) in [6.45, 7) is 6.64. The number of hydrogen-bond donors (Lipinski definition) is 0. The molecule has 414 valence electrons. The summed E-state index contributed by atoms with van der Waals surface area (Å²) < 4.78 is 16.9. The molecule has 0 saturated heterocycles. The molecule has 71 heavy (non-hydrogen) atoms. The molecule has 6 nitrogen and oxygen atoms in total. The highest BCUT2D eigenvalue weighted by molar-refractivity contribution is 5.71. The number of unbranched alkanes of at least 4 members (excludes halogenated alkanes) is 38. The summed E-state index contributed by atoms with van der Waals surface area (Å²) in [7, 11) is 0. The number of carbonyl (C=O) groups is 3. The molecule has 0 saturated carbocycles. The zero-order valence-corrected chi connectivity index (χ0v) is 47.5. The molecule has 0 fully saturated rings. The van der Waals surface area contributed by atoms with Crippen LogP contribution in [0.15, 0.2) is 48.6 Å². The maximum atomic E-state index is 12.9. The Hall–Kier alpha value is -2.63. The van der Waals surface area contributed by atoms with Gasteiger partial charge in [-0.3, -0.25) is 14.4 Å². The van der Waals surface area contributed by atoms with Crippen LogP contribution >= 0.6 is 0 Å². The predicted molar refractivity (Wildman–Crippen MR) is 307 cm³/mol.